The third-order valence-electron chi connectivity index (χ3n) is 3.99. The van der Waals surface area contributed by atoms with E-state index in [4.69, 9.17) is 4.74 Å². The minimum Gasteiger partial charge on any atom is -0.368 e. The molecule has 0 aliphatic heterocycles. The summed E-state index contributed by atoms with van der Waals surface area (Å²) in [5, 5.41) is 9.86. The molecule has 0 bridgehead atoms. The van der Waals surface area contributed by atoms with Crippen molar-refractivity contribution in [3.8, 4) is 10.4 Å². The molecule has 1 atom stereocenters. The molecule has 25 heavy (non-hydrogen) atoms. The molecule has 1 N–H and O–H groups in total. The number of thiophene rings is 1. The van der Waals surface area contributed by atoms with E-state index >= 15 is 0 Å². The maximum atomic E-state index is 12.7. The summed E-state index contributed by atoms with van der Waals surface area (Å²) >= 11 is 1.48. The van der Waals surface area contributed by atoms with Gasteiger partial charge in [-0.3, -0.25) is 4.79 Å². The van der Waals surface area contributed by atoms with Crippen LogP contribution in [-0.2, 0) is 17.6 Å². The zero-order valence-electron chi connectivity index (χ0n) is 14.0. The van der Waals surface area contributed by atoms with Crippen molar-refractivity contribution in [1.82, 2.24) is 0 Å². The predicted octanol–water partition coefficient (Wildman–Crippen LogP) is 4.35. The first kappa shape index (κ1) is 17.5. The van der Waals surface area contributed by atoms with E-state index in [0.29, 0.717) is 17.7 Å². The summed E-state index contributed by atoms with van der Waals surface area (Å²) in [5.41, 5.74) is 2.98. The van der Waals surface area contributed by atoms with Crippen LogP contribution in [0, 0.1) is 0 Å². The molecule has 0 aliphatic carbocycles. The molecule has 3 nitrogen and oxygen atoms in total. The molecular weight excluding hydrogens is 332 g/mol. The Labute approximate surface area is 151 Å². The van der Waals surface area contributed by atoms with Gasteiger partial charge in [0.1, 0.15) is 0 Å². The Bertz CT molecular complexity index is 825. The molecule has 128 valence electrons. The van der Waals surface area contributed by atoms with Crippen molar-refractivity contribution in [1.29, 1.82) is 0 Å². The van der Waals surface area contributed by atoms with Gasteiger partial charge < -0.3 is 9.84 Å². The van der Waals surface area contributed by atoms with Gasteiger partial charge in [-0.25, -0.2) is 0 Å². The third kappa shape index (κ3) is 4.42. The Morgan fingerprint density at radius 1 is 1.08 bits per heavy atom. The number of carbonyl (C=O) groups is 1. The molecule has 0 aliphatic rings. The lowest BCUT2D eigenvalue weighted by Crippen LogP contribution is -2.12. The van der Waals surface area contributed by atoms with Crippen LogP contribution in [0.3, 0.4) is 0 Å². The molecular formula is C21H20O3S. The van der Waals surface area contributed by atoms with Crippen molar-refractivity contribution in [2.45, 2.75) is 19.1 Å². The average molecular weight is 352 g/mol. The van der Waals surface area contributed by atoms with Crippen LogP contribution < -0.4 is 0 Å². The van der Waals surface area contributed by atoms with Crippen molar-refractivity contribution in [3.63, 3.8) is 0 Å². The first-order valence-corrected chi connectivity index (χ1v) is 8.95. The van der Waals surface area contributed by atoms with E-state index in [9.17, 15) is 9.90 Å². The Balaban J connectivity index is 1.91. The third-order valence-corrected chi connectivity index (χ3v) is 5.26. The number of Topliss-reactive ketones (excluding diaryl/α,β-unsaturated/α-hetero) is 1. The zero-order valence-corrected chi connectivity index (χ0v) is 14.8. The van der Waals surface area contributed by atoms with Gasteiger partial charge in [0.2, 0.25) is 0 Å². The van der Waals surface area contributed by atoms with Crippen LogP contribution in [0.15, 0.2) is 66.7 Å². The highest BCUT2D eigenvalue weighted by molar-refractivity contribution is 7.17. The molecule has 0 spiro atoms. The second kappa shape index (κ2) is 8.21. The van der Waals surface area contributed by atoms with Gasteiger partial charge in [0.25, 0.3) is 0 Å². The largest absolute Gasteiger partial charge is 0.368 e. The summed E-state index contributed by atoms with van der Waals surface area (Å²) in [6.07, 6.45) is -0.147. The van der Waals surface area contributed by atoms with Crippen molar-refractivity contribution >= 4 is 17.1 Å². The van der Waals surface area contributed by atoms with E-state index in [-0.39, 0.29) is 5.78 Å². The molecule has 0 fully saturated rings. The number of rotatable bonds is 7. The lowest BCUT2D eigenvalue weighted by molar-refractivity contribution is -0.0719. The summed E-state index contributed by atoms with van der Waals surface area (Å²) in [6.45, 7) is 0. The van der Waals surface area contributed by atoms with E-state index < -0.39 is 6.29 Å². The number of aliphatic hydroxyl groups excluding tert-OH is 1. The lowest BCUT2D eigenvalue weighted by atomic mass is 10.0. The van der Waals surface area contributed by atoms with Gasteiger partial charge in [0, 0.05) is 24.8 Å². The average Bonchev–Trinajstić information content (AvgIpc) is 3.07. The summed E-state index contributed by atoms with van der Waals surface area (Å²) in [7, 11) is 1.47. The van der Waals surface area contributed by atoms with Gasteiger partial charge in [-0.1, -0.05) is 60.7 Å². The first-order chi connectivity index (χ1) is 12.2. The highest BCUT2D eigenvalue weighted by atomic mass is 32.1. The van der Waals surface area contributed by atoms with Crippen LogP contribution in [0.4, 0.5) is 0 Å². The standard InChI is InChI=1S/C21H20O3S/c1-24-20(23)14-17-13-19(18(22)12-15-8-4-2-5-9-15)25-21(17)16-10-6-3-7-11-16/h2-11,13,20,23H,12,14H2,1H3. The maximum absolute atomic E-state index is 12.7. The Kier molecular flexibility index (Phi) is 5.76. The molecule has 0 saturated heterocycles. The van der Waals surface area contributed by atoms with E-state index in [0.717, 1.165) is 21.6 Å². The van der Waals surface area contributed by atoms with Crippen molar-refractivity contribution in [2.24, 2.45) is 0 Å². The van der Waals surface area contributed by atoms with Crippen molar-refractivity contribution < 1.29 is 14.6 Å². The Morgan fingerprint density at radius 3 is 2.36 bits per heavy atom. The number of benzene rings is 2. The lowest BCUT2D eigenvalue weighted by Gasteiger charge is -2.09. The zero-order chi connectivity index (χ0) is 17.6. The molecule has 3 aromatic rings. The van der Waals surface area contributed by atoms with Gasteiger partial charge in [0.15, 0.2) is 12.1 Å². The fourth-order valence-corrected chi connectivity index (χ4v) is 3.83. The summed E-state index contributed by atoms with van der Waals surface area (Å²) in [6, 6.07) is 21.5. The van der Waals surface area contributed by atoms with Gasteiger partial charge in [-0.05, 0) is 22.8 Å². The number of methoxy groups -OCH3 is 1. The number of hydrogen-bond donors (Lipinski definition) is 1. The van der Waals surface area contributed by atoms with Crippen LogP contribution in [-0.4, -0.2) is 24.3 Å². The minimum atomic E-state index is -0.880. The molecule has 1 heterocycles. The SMILES string of the molecule is COC(O)Cc1cc(C(=O)Cc2ccccc2)sc1-c1ccccc1. The summed E-state index contributed by atoms with van der Waals surface area (Å²) in [5.74, 6) is 0.0894. The predicted molar refractivity (Wildman–Crippen MR) is 101 cm³/mol. The maximum Gasteiger partial charge on any atom is 0.177 e. The second-order valence-electron chi connectivity index (χ2n) is 5.81. The van der Waals surface area contributed by atoms with E-state index in [1.165, 1.54) is 18.4 Å². The number of aliphatic hydroxyl groups is 1. The highest BCUT2D eigenvalue weighted by Crippen LogP contribution is 2.34. The molecule has 0 amide bonds. The van der Waals surface area contributed by atoms with Gasteiger partial charge in [-0.15, -0.1) is 11.3 Å². The van der Waals surface area contributed by atoms with Crippen molar-refractivity contribution in [3.05, 3.63) is 82.7 Å². The number of ketones is 1. The molecule has 4 heteroatoms. The van der Waals surface area contributed by atoms with Gasteiger partial charge in [0.05, 0.1) is 4.88 Å². The molecule has 0 radical (unpaired) electrons. The smallest absolute Gasteiger partial charge is 0.177 e. The van der Waals surface area contributed by atoms with E-state index in [1.807, 2.05) is 66.7 Å². The van der Waals surface area contributed by atoms with Crippen LogP contribution in [0.5, 0.6) is 0 Å². The summed E-state index contributed by atoms with van der Waals surface area (Å²) in [4.78, 5) is 14.4. The molecule has 1 unspecified atom stereocenters. The summed E-state index contributed by atoms with van der Waals surface area (Å²) < 4.78 is 4.99. The normalized spacial score (nSPS) is 12.1. The fourth-order valence-electron chi connectivity index (χ4n) is 2.69. The van der Waals surface area contributed by atoms with Crippen LogP contribution in [0.1, 0.15) is 20.8 Å². The Hall–Kier alpha value is -2.27. The number of carbonyl (C=O) groups excluding carboxylic acids is 1. The minimum absolute atomic E-state index is 0.0894. The Morgan fingerprint density at radius 2 is 1.72 bits per heavy atom. The van der Waals surface area contributed by atoms with Crippen molar-refractivity contribution in [2.75, 3.05) is 7.11 Å². The first-order valence-electron chi connectivity index (χ1n) is 8.13. The van der Waals surface area contributed by atoms with Gasteiger partial charge in [-0.2, -0.15) is 0 Å². The second-order valence-corrected chi connectivity index (χ2v) is 6.86. The number of hydrogen-bond acceptors (Lipinski definition) is 4. The molecule has 3 rings (SSSR count). The van der Waals surface area contributed by atoms with E-state index in [1.54, 1.807) is 0 Å². The highest BCUT2D eigenvalue weighted by Gasteiger charge is 2.18. The molecule has 1 aromatic heterocycles. The van der Waals surface area contributed by atoms with E-state index in [2.05, 4.69) is 0 Å². The molecule has 0 saturated carbocycles. The molecule has 2 aromatic carbocycles. The van der Waals surface area contributed by atoms with Gasteiger partial charge >= 0.3 is 0 Å². The topological polar surface area (TPSA) is 46.5 Å². The van der Waals surface area contributed by atoms with Crippen LogP contribution >= 0.6 is 11.3 Å². The van der Waals surface area contributed by atoms with Crippen LogP contribution in [0.25, 0.3) is 10.4 Å². The number of ether oxygens (including phenoxy) is 1. The fraction of sp³-hybridized carbons (Fsp3) is 0.190. The monoisotopic (exact) mass is 352 g/mol. The van der Waals surface area contributed by atoms with Crippen LogP contribution in [0.2, 0.25) is 0 Å². The quantitative estimate of drug-likeness (QED) is 0.508.